The maximum absolute atomic E-state index is 5.06. The van der Waals surface area contributed by atoms with Crippen LogP contribution in [0, 0.1) is 6.92 Å². The van der Waals surface area contributed by atoms with Gasteiger partial charge < -0.3 is 14.8 Å². The molecule has 15 heavy (non-hydrogen) atoms. The molecule has 0 unspecified atom stereocenters. The normalized spacial score (nSPS) is 10.9. The van der Waals surface area contributed by atoms with Crippen LogP contribution in [0.3, 0.4) is 0 Å². The number of aryl methyl sites for hydroxylation is 1. The van der Waals surface area contributed by atoms with Gasteiger partial charge >= 0.3 is 0 Å². The largest absolute Gasteiger partial charge is 0.355 e. The molecule has 0 bridgehead atoms. The van der Waals surface area contributed by atoms with E-state index in [2.05, 4.69) is 16.4 Å². The van der Waals surface area contributed by atoms with Gasteiger partial charge in [0.15, 0.2) is 6.29 Å². The zero-order valence-corrected chi connectivity index (χ0v) is 9.49. The van der Waals surface area contributed by atoms with Crippen LogP contribution in [0.5, 0.6) is 0 Å². The summed E-state index contributed by atoms with van der Waals surface area (Å²) in [5.74, 6) is 0. The summed E-state index contributed by atoms with van der Waals surface area (Å²) in [5, 5.41) is 3.23. The fourth-order valence-electron chi connectivity index (χ4n) is 1.20. The van der Waals surface area contributed by atoms with E-state index < -0.39 is 0 Å². The van der Waals surface area contributed by atoms with E-state index in [4.69, 9.17) is 9.47 Å². The summed E-state index contributed by atoms with van der Waals surface area (Å²) in [6, 6.07) is 4.06. The third-order valence-electron chi connectivity index (χ3n) is 2.14. The van der Waals surface area contributed by atoms with Gasteiger partial charge in [-0.05, 0) is 18.6 Å². The highest BCUT2D eigenvalue weighted by Gasteiger charge is 2.03. The van der Waals surface area contributed by atoms with Crippen LogP contribution >= 0.6 is 0 Å². The average Bonchev–Trinajstić information content (AvgIpc) is 2.27. The maximum Gasteiger partial charge on any atom is 0.169 e. The summed E-state index contributed by atoms with van der Waals surface area (Å²) in [4.78, 5) is 4.21. The summed E-state index contributed by atoms with van der Waals surface area (Å²) < 4.78 is 10.1. The van der Waals surface area contributed by atoms with Crippen LogP contribution in [0.15, 0.2) is 18.3 Å². The molecule has 1 heterocycles. The number of pyridine rings is 1. The van der Waals surface area contributed by atoms with E-state index in [9.17, 15) is 0 Å². The molecule has 0 aliphatic rings. The highest BCUT2D eigenvalue weighted by Crippen LogP contribution is 1.98. The summed E-state index contributed by atoms with van der Waals surface area (Å²) in [7, 11) is 3.26. The highest BCUT2D eigenvalue weighted by atomic mass is 16.7. The summed E-state index contributed by atoms with van der Waals surface area (Å²) in [5.41, 5.74) is 2.19. The van der Waals surface area contributed by atoms with E-state index in [0.29, 0.717) is 6.54 Å². The number of nitrogens with one attached hydrogen (secondary N) is 1. The molecule has 0 aliphatic heterocycles. The highest BCUT2D eigenvalue weighted by molar-refractivity contribution is 5.12. The number of rotatable bonds is 6. The first-order chi connectivity index (χ1) is 7.26. The van der Waals surface area contributed by atoms with Crippen LogP contribution in [0.1, 0.15) is 11.3 Å². The van der Waals surface area contributed by atoms with Crippen LogP contribution in [0.25, 0.3) is 0 Å². The second-order valence-electron chi connectivity index (χ2n) is 3.34. The molecule has 0 spiro atoms. The first kappa shape index (κ1) is 12.1. The van der Waals surface area contributed by atoms with Crippen LogP contribution in [-0.4, -0.2) is 32.0 Å². The number of hydrogen-bond acceptors (Lipinski definition) is 4. The molecule has 0 atom stereocenters. The first-order valence-electron chi connectivity index (χ1n) is 4.94. The van der Waals surface area contributed by atoms with Crippen molar-refractivity contribution < 1.29 is 9.47 Å². The van der Waals surface area contributed by atoms with Crippen molar-refractivity contribution >= 4 is 0 Å². The molecule has 0 aromatic carbocycles. The van der Waals surface area contributed by atoms with Crippen molar-refractivity contribution in [3.63, 3.8) is 0 Å². The first-order valence-corrected chi connectivity index (χ1v) is 4.94. The quantitative estimate of drug-likeness (QED) is 0.714. The van der Waals surface area contributed by atoms with E-state index in [1.165, 1.54) is 0 Å². The minimum absolute atomic E-state index is 0.191. The molecular formula is C11H18N2O2. The lowest BCUT2D eigenvalue weighted by Gasteiger charge is -2.13. The zero-order valence-electron chi connectivity index (χ0n) is 9.49. The number of ether oxygens (including phenoxy) is 2. The van der Waals surface area contributed by atoms with Crippen molar-refractivity contribution in [1.82, 2.24) is 10.3 Å². The van der Waals surface area contributed by atoms with Gasteiger partial charge in [0.1, 0.15) is 0 Å². The van der Waals surface area contributed by atoms with E-state index in [-0.39, 0.29) is 6.29 Å². The molecule has 84 valence electrons. The van der Waals surface area contributed by atoms with Gasteiger partial charge in [0.2, 0.25) is 0 Å². The Labute approximate surface area is 90.6 Å². The number of aromatic nitrogens is 1. The van der Waals surface area contributed by atoms with Gasteiger partial charge in [-0.25, -0.2) is 0 Å². The summed E-state index contributed by atoms with van der Waals surface area (Å²) in [6.45, 7) is 3.42. The number of hydrogen-bond donors (Lipinski definition) is 1. The van der Waals surface area contributed by atoms with E-state index in [1.807, 2.05) is 19.2 Å². The number of methoxy groups -OCH3 is 2. The maximum atomic E-state index is 5.06. The Bertz CT molecular complexity index is 270. The second-order valence-corrected chi connectivity index (χ2v) is 3.34. The molecule has 0 saturated carbocycles. The van der Waals surface area contributed by atoms with E-state index >= 15 is 0 Å². The predicted molar refractivity (Wildman–Crippen MR) is 58.5 cm³/mol. The van der Waals surface area contributed by atoms with E-state index in [0.717, 1.165) is 17.8 Å². The molecule has 4 nitrogen and oxygen atoms in total. The molecule has 4 heteroatoms. The predicted octanol–water partition coefficient (Wildman–Crippen LogP) is 1.10. The Morgan fingerprint density at radius 3 is 2.60 bits per heavy atom. The molecule has 0 amide bonds. The van der Waals surface area contributed by atoms with Crippen LogP contribution in [0.2, 0.25) is 0 Å². The lowest BCUT2D eigenvalue weighted by atomic mass is 10.2. The Morgan fingerprint density at radius 1 is 1.33 bits per heavy atom. The van der Waals surface area contributed by atoms with Crippen molar-refractivity contribution in [1.29, 1.82) is 0 Å². The minimum Gasteiger partial charge on any atom is -0.355 e. The number of nitrogens with zero attached hydrogens (tertiary/aromatic N) is 1. The molecule has 1 aromatic rings. The SMILES string of the molecule is COC(CNCc1ccc(C)nc1)OC. The smallest absolute Gasteiger partial charge is 0.169 e. The van der Waals surface area contributed by atoms with Gasteiger partial charge in [-0.2, -0.15) is 0 Å². The fourth-order valence-corrected chi connectivity index (χ4v) is 1.20. The van der Waals surface area contributed by atoms with Crippen molar-refractivity contribution in [2.45, 2.75) is 19.8 Å². The molecule has 1 N–H and O–H groups in total. The van der Waals surface area contributed by atoms with Crippen molar-refractivity contribution in [3.05, 3.63) is 29.6 Å². The van der Waals surface area contributed by atoms with Crippen molar-refractivity contribution in [2.75, 3.05) is 20.8 Å². The van der Waals surface area contributed by atoms with Crippen molar-refractivity contribution in [3.8, 4) is 0 Å². The van der Waals surface area contributed by atoms with Crippen LogP contribution in [0.4, 0.5) is 0 Å². The van der Waals surface area contributed by atoms with Gasteiger partial charge in [-0.15, -0.1) is 0 Å². The van der Waals surface area contributed by atoms with Gasteiger partial charge in [-0.1, -0.05) is 6.07 Å². The van der Waals surface area contributed by atoms with Crippen LogP contribution < -0.4 is 5.32 Å². The Balaban J connectivity index is 2.28. The third-order valence-corrected chi connectivity index (χ3v) is 2.14. The Morgan fingerprint density at radius 2 is 2.07 bits per heavy atom. The zero-order chi connectivity index (χ0) is 11.1. The monoisotopic (exact) mass is 210 g/mol. The second kappa shape index (κ2) is 6.50. The molecule has 0 aliphatic carbocycles. The average molecular weight is 210 g/mol. The molecule has 0 fully saturated rings. The summed E-state index contributed by atoms with van der Waals surface area (Å²) in [6.07, 6.45) is 1.68. The topological polar surface area (TPSA) is 43.4 Å². The van der Waals surface area contributed by atoms with Gasteiger partial charge in [-0.3, -0.25) is 4.98 Å². The molecule has 0 saturated heterocycles. The minimum atomic E-state index is -0.191. The molecule has 1 aromatic heterocycles. The molecular weight excluding hydrogens is 192 g/mol. The van der Waals surface area contributed by atoms with Gasteiger partial charge in [0.05, 0.1) is 0 Å². The van der Waals surface area contributed by atoms with E-state index in [1.54, 1.807) is 14.2 Å². The summed E-state index contributed by atoms with van der Waals surface area (Å²) >= 11 is 0. The van der Waals surface area contributed by atoms with Gasteiger partial charge in [0, 0.05) is 39.2 Å². The lowest BCUT2D eigenvalue weighted by Crippen LogP contribution is -2.29. The molecule has 1 rings (SSSR count). The third kappa shape index (κ3) is 4.38. The van der Waals surface area contributed by atoms with Gasteiger partial charge in [0.25, 0.3) is 0 Å². The Kier molecular flexibility index (Phi) is 5.25. The Hall–Kier alpha value is -0.970. The van der Waals surface area contributed by atoms with Crippen molar-refractivity contribution in [2.24, 2.45) is 0 Å². The molecule has 0 radical (unpaired) electrons. The standard InChI is InChI=1S/C11H18N2O2/c1-9-4-5-10(7-13-9)6-12-8-11(14-2)15-3/h4-5,7,11-12H,6,8H2,1-3H3. The van der Waals surface area contributed by atoms with Crippen LogP contribution in [-0.2, 0) is 16.0 Å². The lowest BCUT2D eigenvalue weighted by molar-refractivity contribution is -0.0989. The fraction of sp³-hybridized carbons (Fsp3) is 0.545.